The highest BCUT2D eigenvalue weighted by Gasteiger charge is 2.12. The van der Waals surface area contributed by atoms with Gasteiger partial charge in [-0.25, -0.2) is 4.98 Å². The Morgan fingerprint density at radius 1 is 1.33 bits per heavy atom. The van der Waals surface area contributed by atoms with E-state index in [0.717, 1.165) is 17.2 Å². The largest absolute Gasteiger partial charge is 0.324 e. The first-order valence-corrected chi connectivity index (χ1v) is 6.23. The van der Waals surface area contributed by atoms with Gasteiger partial charge in [0.2, 0.25) is 0 Å². The molecule has 4 heteroatoms. The Morgan fingerprint density at radius 2 is 2.06 bits per heavy atom. The van der Waals surface area contributed by atoms with Gasteiger partial charge in [0.15, 0.2) is 5.82 Å². The van der Waals surface area contributed by atoms with Crippen molar-refractivity contribution >= 4 is 0 Å². The van der Waals surface area contributed by atoms with Crippen molar-refractivity contribution in [3.05, 3.63) is 35.2 Å². The second-order valence-electron chi connectivity index (χ2n) is 4.91. The smallest absolute Gasteiger partial charge is 0.181 e. The molecule has 1 aromatic carbocycles. The molecule has 18 heavy (non-hydrogen) atoms. The summed E-state index contributed by atoms with van der Waals surface area (Å²) < 4.78 is 1.75. The van der Waals surface area contributed by atoms with Crippen molar-refractivity contribution in [3.63, 3.8) is 0 Å². The van der Waals surface area contributed by atoms with Crippen LogP contribution in [0, 0.1) is 6.92 Å². The van der Waals surface area contributed by atoms with E-state index in [1.54, 1.807) is 4.68 Å². The molecule has 0 saturated heterocycles. The van der Waals surface area contributed by atoms with Gasteiger partial charge in [-0.3, -0.25) is 4.68 Å². The molecule has 0 amide bonds. The molecule has 0 aliphatic heterocycles. The van der Waals surface area contributed by atoms with E-state index in [9.17, 15) is 0 Å². The topological polar surface area (TPSA) is 56.7 Å². The summed E-state index contributed by atoms with van der Waals surface area (Å²) in [4.78, 5) is 4.49. The molecule has 0 aliphatic carbocycles. The van der Waals surface area contributed by atoms with Crippen molar-refractivity contribution in [1.82, 2.24) is 14.8 Å². The van der Waals surface area contributed by atoms with Crippen LogP contribution < -0.4 is 5.73 Å². The molecule has 0 unspecified atom stereocenters. The highest BCUT2D eigenvalue weighted by molar-refractivity contribution is 5.61. The molecule has 4 nitrogen and oxygen atoms in total. The zero-order valence-electron chi connectivity index (χ0n) is 11.4. The number of aromatic nitrogens is 3. The van der Waals surface area contributed by atoms with Crippen LogP contribution >= 0.6 is 0 Å². The fraction of sp³-hybridized carbons (Fsp3) is 0.429. The molecule has 0 atom stereocenters. The van der Waals surface area contributed by atoms with Gasteiger partial charge < -0.3 is 5.73 Å². The van der Waals surface area contributed by atoms with Gasteiger partial charge in [0.05, 0.1) is 6.54 Å². The Bertz CT molecular complexity index is 555. The summed E-state index contributed by atoms with van der Waals surface area (Å²) in [5.74, 6) is 2.07. The van der Waals surface area contributed by atoms with Crippen LogP contribution in [0.1, 0.15) is 36.7 Å². The third-order valence-electron chi connectivity index (χ3n) is 3.20. The fourth-order valence-electron chi connectivity index (χ4n) is 1.95. The lowest BCUT2D eigenvalue weighted by Gasteiger charge is -2.08. The van der Waals surface area contributed by atoms with Crippen molar-refractivity contribution in [1.29, 1.82) is 0 Å². The van der Waals surface area contributed by atoms with E-state index in [0.29, 0.717) is 12.5 Å². The standard InChI is InChI=1S/C14H20N4/c1-9(2)11-6-5-10(3)12(7-11)14-16-13(8-15)18(4)17-14/h5-7,9H,8,15H2,1-4H3. The summed E-state index contributed by atoms with van der Waals surface area (Å²) >= 11 is 0. The average Bonchev–Trinajstić information content (AvgIpc) is 2.70. The van der Waals surface area contributed by atoms with Gasteiger partial charge in [0, 0.05) is 12.6 Å². The van der Waals surface area contributed by atoms with Crippen molar-refractivity contribution in [2.75, 3.05) is 0 Å². The van der Waals surface area contributed by atoms with Gasteiger partial charge in [-0.15, -0.1) is 0 Å². The number of aryl methyl sites for hydroxylation is 2. The molecule has 1 heterocycles. The SMILES string of the molecule is Cc1ccc(C(C)C)cc1-c1nc(CN)n(C)n1. The van der Waals surface area contributed by atoms with Gasteiger partial charge in [-0.2, -0.15) is 5.10 Å². The summed E-state index contributed by atoms with van der Waals surface area (Å²) in [7, 11) is 1.88. The molecule has 0 fully saturated rings. The van der Waals surface area contributed by atoms with Crippen LogP contribution in [-0.4, -0.2) is 14.8 Å². The van der Waals surface area contributed by atoms with Crippen LogP contribution in [0.15, 0.2) is 18.2 Å². The molecular weight excluding hydrogens is 224 g/mol. The van der Waals surface area contributed by atoms with Gasteiger partial charge in [0.25, 0.3) is 0 Å². The zero-order valence-corrected chi connectivity index (χ0v) is 11.4. The van der Waals surface area contributed by atoms with Gasteiger partial charge in [-0.05, 0) is 30.0 Å². The van der Waals surface area contributed by atoms with Crippen molar-refractivity contribution in [2.24, 2.45) is 12.8 Å². The highest BCUT2D eigenvalue weighted by atomic mass is 15.3. The minimum absolute atomic E-state index is 0.409. The monoisotopic (exact) mass is 244 g/mol. The maximum atomic E-state index is 5.63. The summed E-state index contributed by atoms with van der Waals surface area (Å²) in [6.45, 7) is 6.86. The van der Waals surface area contributed by atoms with Gasteiger partial charge in [-0.1, -0.05) is 26.0 Å². The van der Waals surface area contributed by atoms with Gasteiger partial charge in [0.1, 0.15) is 5.82 Å². The second kappa shape index (κ2) is 4.90. The first kappa shape index (κ1) is 12.8. The summed E-state index contributed by atoms with van der Waals surface area (Å²) in [5, 5.41) is 4.44. The maximum absolute atomic E-state index is 5.63. The molecule has 0 aliphatic rings. The lowest BCUT2D eigenvalue weighted by Crippen LogP contribution is -2.05. The average molecular weight is 244 g/mol. The molecule has 2 aromatic rings. The van der Waals surface area contributed by atoms with Crippen LogP contribution in [0.3, 0.4) is 0 Å². The Balaban J connectivity index is 2.51. The Morgan fingerprint density at radius 3 is 2.61 bits per heavy atom. The maximum Gasteiger partial charge on any atom is 0.181 e. The minimum Gasteiger partial charge on any atom is -0.324 e. The number of nitrogens with zero attached hydrogens (tertiary/aromatic N) is 3. The van der Waals surface area contributed by atoms with E-state index >= 15 is 0 Å². The van der Waals surface area contributed by atoms with Crippen LogP contribution in [0.4, 0.5) is 0 Å². The number of nitrogens with two attached hydrogens (primary N) is 1. The first-order valence-electron chi connectivity index (χ1n) is 6.23. The lowest BCUT2D eigenvalue weighted by atomic mass is 9.97. The van der Waals surface area contributed by atoms with E-state index in [2.05, 4.69) is 49.1 Å². The van der Waals surface area contributed by atoms with Crippen LogP contribution in [0.2, 0.25) is 0 Å². The van der Waals surface area contributed by atoms with E-state index in [1.165, 1.54) is 11.1 Å². The summed E-state index contributed by atoms with van der Waals surface area (Å²) in [5.41, 5.74) is 9.22. The molecule has 2 N–H and O–H groups in total. The number of hydrogen-bond acceptors (Lipinski definition) is 3. The van der Waals surface area contributed by atoms with Crippen LogP contribution in [0.5, 0.6) is 0 Å². The Kier molecular flexibility index (Phi) is 3.48. The number of hydrogen-bond donors (Lipinski definition) is 1. The fourth-order valence-corrected chi connectivity index (χ4v) is 1.95. The number of benzene rings is 1. The third-order valence-corrected chi connectivity index (χ3v) is 3.20. The third kappa shape index (κ3) is 2.29. The first-order chi connectivity index (χ1) is 8.52. The van der Waals surface area contributed by atoms with E-state index in [4.69, 9.17) is 5.73 Å². The number of rotatable bonds is 3. The van der Waals surface area contributed by atoms with E-state index in [-0.39, 0.29) is 0 Å². The highest BCUT2D eigenvalue weighted by Crippen LogP contribution is 2.25. The summed E-state index contributed by atoms with van der Waals surface area (Å²) in [6, 6.07) is 6.47. The van der Waals surface area contributed by atoms with E-state index in [1.807, 2.05) is 7.05 Å². The molecule has 0 spiro atoms. The quantitative estimate of drug-likeness (QED) is 0.901. The van der Waals surface area contributed by atoms with Crippen molar-refractivity contribution in [3.8, 4) is 11.4 Å². The Labute approximate surface area is 108 Å². The molecule has 0 bridgehead atoms. The van der Waals surface area contributed by atoms with Crippen LogP contribution in [-0.2, 0) is 13.6 Å². The van der Waals surface area contributed by atoms with E-state index < -0.39 is 0 Å². The van der Waals surface area contributed by atoms with Crippen molar-refractivity contribution in [2.45, 2.75) is 33.2 Å². The molecule has 0 radical (unpaired) electrons. The predicted molar refractivity (Wildman–Crippen MR) is 73.2 cm³/mol. The van der Waals surface area contributed by atoms with Crippen LogP contribution in [0.25, 0.3) is 11.4 Å². The molecule has 1 aromatic heterocycles. The normalized spacial score (nSPS) is 11.2. The second-order valence-corrected chi connectivity index (χ2v) is 4.91. The molecule has 0 saturated carbocycles. The molecule has 96 valence electrons. The lowest BCUT2D eigenvalue weighted by molar-refractivity contribution is 0.703. The van der Waals surface area contributed by atoms with Gasteiger partial charge >= 0.3 is 0 Å². The predicted octanol–water partition coefficient (Wildman–Crippen LogP) is 2.37. The minimum atomic E-state index is 0.409. The zero-order chi connectivity index (χ0) is 13.3. The van der Waals surface area contributed by atoms with Crippen molar-refractivity contribution < 1.29 is 0 Å². The summed E-state index contributed by atoms with van der Waals surface area (Å²) in [6.07, 6.45) is 0. The Hall–Kier alpha value is -1.68. The molecular formula is C14H20N4. The molecule has 2 rings (SSSR count).